The summed E-state index contributed by atoms with van der Waals surface area (Å²) < 4.78 is 0. The summed E-state index contributed by atoms with van der Waals surface area (Å²) in [5.41, 5.74) is 10.8. The molecule has 0 amide bonds. The Hall–Kier alpha value is -3.38. The predicted molar refractivity (Wildman–Crippen MR) is 72.5 cm³/mol. The van der Waals surface area contributed by atoms with Crippen molar-refractivity contribution in [2.45, 2.75) is 0 Å². The number of rotatable bonds is 1. The van der Waals surface area contributed by atoms with Gasteiger partial charge in [-0.05, 0) is 18.2 Å². The van der Waals surface area contributed by atoms with Crippen LogP contribution in [0.15, 0.2) is 65.5 Å². The summed E-state index contributed by atoms with van der Waals surface area (Å²) in [6.45, 7) is 0. The molecule has 1 aromatic rings. The molecule has 0 radical (unpaired) electrons. The van der Waals surface area contributed by atoms with Crippen LogP contribution < -0.4 is 16.1 Å². The summed E-state index contributed by atoms with van der Waals surface area (Å²) in [6.07, 6.45) is 3.42. The van der Waals surface area contributed by atoms with Gasteiger partial charge in [0.25, 0.3) is 0 Å². The molecule has 2 heterocycles. The average molecular weight is 262 g/mol. The Bertz CT molecular complexity index is 729. The highest BCUT2D eigenvalue weighted by Gasteiger charge is 2.33. The molecule has 0 unspecified atom stereocenters. The lowest BCUT2D eigenvalue weighted by Crippen LogP contribution is -2.42. The lowest BCUT2D eigenvalue weighted by Gasteiger charge is -2.34. The second-order valence-corrected chi connectivity index (χ2v) is 4.16. The first-order chi connectivity index (χ1) is 9.77. The van der Waals surface area contributed by atoms with Gasteiger partial charge in [-0.15, -0.1) is 0 Å². The van der Waals surface area contributed by atoms with E-state index in [0.29, 0.717) is 11.4 Å². The van der Waals surface area contributed by atoms with Crippen molar-refractivity contribution < 1.29 is 0 Å². The molecule has 6 nitrogen and oxygen atoms in total. The fraction of sp³-hybridized carbons (Fsp3) is 0. The molecule has 0 aliphatic carbocycles. The quantitative estimate of drug-likeness (QED) is 0.790. The van der Waals surface area contributed by atoms with Crippen molar-refractivity contribution in [2.75, 3.05) is 4.90 Å². The zero-order valence-corrected chi connectivity index (χ0v) is 10.4. The van der Waals surface area contributed by atoms with E-state index in [1.54, 1.807) is 17.2 Å². The van der Waals surface area contributed by atoms with Gasteiger partial charge in [0.15, 0.2) is 17.2 Å². The topological polar surface area (TPSA) is 92.1 Å². The minimum Gasteiger partial charge on any atom is -0.381 e. The van der Waals surface area contributed by atoms with E-state index < -0.39 is 0 Å². The molecule has 0 saturated carbocycles. The number of anilines is 1. The van der Waals surface area contributed by atoms with Crippen molar-refractivity contribution in [1.82, 2.24) is 10.4 Å². The van der Waals surface area contributed by atoms with Crippen molar-refractivity contribution in [2.24, 2.45) is 5.73 Å². The highest BCUT2D eigenvalue weighted by molar-refractivity contribution is 5.68. The highest BCUT2D eigenvalue weighted by atomic mass is 15.6. The maximum Gasteiger partial charge on any atom is 0.168 e. The number of allylic oxidation sites excluding steroid dienone is 3. The number of hydrogen-bond acceptors (Lipinski definition) is 6. The van der Waals surface area contributed by atoms with Gasteiger partial charge in [0.05, 0.1) is 0 Å². The second-order valence-electron chi connectivity index (χ2n) is 4.16. The molecular weight excluding hydrogens is 252 g/mol. The van der Waals surface area contributed by atoms with E-state index in [2.05, 4.69) is 17.6 Å². The lowest BCUT2D eigenvalue weighted by atomic mass is 10.1. The van der Waals surface area contributed by atoms with Crippen LogP contribution in [0.4, 0.5) is 5.69 Å². The van der Waals surface area contributed by atoms with Crippen LogP contribution in [0.1, 0.15) is 0 Å². The molecule has 1 aromatic carbocycles. The van der Waals surface area contributed by atoms with Gasteiger partial charge in [-0.25, -0.2) is 5.01 Å². The third-order valence-electron chi connectivity index (χ3n) is 3.09. The average Bonchev–Trinajstić information content (AvgIpc) is 2.97. The number of hydrogen-bond donors (Lipinski definition) is 2. The number of para-hydroxylation sites is 1. The van der Waals surface area contributed by atoms with Gasteiger partial charge in [-0.3, -0.25) is 10.3 Å². The van der Waals surface area contributed by atoms with Crippen LogP contribution in [-0.4, -0.2) is 5.01 Å². The first-order valence-electron chi connectivity index (χ1n) is 5.90. The molecule has 20 heavy (non-hydrogen) atoms. The monoisotopic (exact) mass is 262 g/mol. The van der Waals surface area contributed by atoms with Gasteiger partial charge in [-0.2, -0.15) is 10.5 Å². The van der Waals surface area contributed by atoms with E-state index in [1.807, 2.05) is 30.3 Å². The summed E-state index contributed by atoms with van der Waals surface area (Å²) >= 11 is 0. The van der Waals surface area contributed by atoms with E-state index in [9.17, 15) is 10.5 Å². The number of nitrogens with two attached hydrogens (primary N) is 1. The van der Waals surface area contributed by atoms with Gasteiger partial charge in [0.2, 0.25) is 0 Å². The SMILES string of the molecule is N#CC1=C(N)N2NC=CC2=C(C#N)N1c1ccccc1. The lowest BCUT2D eigenvalue weighted by molar-refractivity contribution is 0.375. The molecule has 0 spiro atoms. The number of benzene rings is 1. The molecule has 96 valence electrons. The van der Waals surface area contributed by atoms with E-state index in [4.69, 9.17) is 5.73 Å². The molecule has 0 atom stereocenters. The Morgan fingerprint density at radius 2 is 1.75 bits per heavy atom. The third-order valence-corrected chi connectivity index (χ3v) is 3.09. The van der Waals surface area contributed by atoms with Crippen LogP contribution in [0, 0.1) is 22.7 Å². The van der Waals surface area contributed by atoms with Crippen LogP contribution >= 0.6 is 0 Å². The molecule has 3 rings (SSSR count). The normalized spacial score (nSPS) is 16.7. The van der Waals surface area contributed by atoms with Crippen LogP contribution in [0.5, 0.6) is 0 Å². The van der Waals surface area contributed by atoms with Crippen molar-refractivity contribution in [3.05, 3.63) is 65.5 Å². The summed E-state index contributed by atoms with van der Waals surface area (Å²) in [5.74, 6) is 0.260. The molecule has 0 bridgehead atoms. The van der Waals surface area contributed by atoms with Gasteiger partial charge in [0, 0.05) is 11.9 Å². The number of fused-ring (bicyclic) bond motifs is 1. The number of nitrogens with one attached hydrogen (secondary N) is 1. The Balaban J connectivity index is 2.24. The minimum atomic E-state index is 0.215. The van der Waals surface area contributed by atoms with Crippen LogP contribution in [-0.2, 0) is 0 Å². The summed E-state index contributed by atoms with van der Waals surface area (Å²) in [5, 5.41) is 20.4. The smallest absolute Gasteiger partial charge is 0.168 e. The van der Waals surface area contributed by atoms with Crippen LogP contribution in [0.2, 0.25) is 0 Å². The standard InChI is InChI=1S/C14H10N6/c15-8-12-11-6-7-18-20(11)14(17)13(9-16)19(12)10-4-2-1-3-5-10/h1-7,18H,17H2. The zero-order chi connectivity index (χ0) is 14.1. The maximum absolute atomic E-state index is 9.46. The minimum absolute atomic E-state index is 0.215. The van der Waals surface area contributed by atoms with Crippen molar-refractivity contribution >= 4 is 5.69 Å². The number of hydrazine groups is 1. The van der Waals surface area contributed by atoms with E-state index >= 15 is 0 Å². The van der Waals surface area contributed by atoms with Crippen molar-refractivity contribution in [3.63, 3.8) is 0 Å². The Kier molecular flexibility index (Phi) is 2.56. The maximum atomic E-state index is 9.46. The van der Waals surface area contributed by atoms with Crippen LogP contribution in [0.25, 0.3) is 0 Å². The Morgan fingerprint density at radius 1 is 1.05 bits per heavy atom. The third kappa shape index (κ3) is 1.49. The van der Waals surface area contributed by atoms with Crippen LogP contribution in [0.3, 0.4) is 0 Å². The number of nitrogens with zero attached hydrogens (tertiary/aromatic N) is 4. The Morgan fingerprint density at radius 3 is 2.40 bits per heavy atom. The summed E-state index contributed by atoms with van der Waals surface area (Å²) in [4.78, 5) is 1.57. The molecule has 6 heteroatoms. The number of nitriles is 2. The molecular formula is C14H10N6. The fourth-order valence-corrected chi connectivity index (χ4v) is 2.22. The van der Waals surface area contributed by atoms with Gasteiger partial charge in [0.1, 0.15) is 17.8 Å². The first-order valence-corrected chi connectivity index (χ1v) is 5.90. The van der Waals surface area contributed by atoms with Crippen molar-refractivity contribution in [1.29, 1.82) is 10.5 Å². The summed E-state index contributed by atoms with van der Waals surface area (Å²) in [7, 11) is 0. The van der Waals surface area contributed by atoms with Crippen molar-refractivity contribution in [3.8, 4) is 12.1 Å². The molecule has 0 fully saturated rings. The van der Waals surface area contributed by atoms with Gasteiger partial charge in [-0.1, -0.05) is 18.2 Å². The van der Waals surface area contributed by atoms with E-state index in [1.165, 1.54) is 5.01 Å². The molecule has 2 aliphatic rings. The molecule has 0 saturated heterocycles. The van der Waals surface area contributed by atoms with Gasteiger partial charge >= 0.3 is 0 Å². The zero-order valence-electron chi connectivity index (χ0n) is 10.4. The van der Waals surface area contributed by atoms with Gasteiger partial charge < -0.3 is 5.73 Å². The molecule has 3 N–H and O–H groups in total. The largest absolute Gasteiger partial charge is 0.381 e. The first kappa shape index (κ1) is 11.7. The molecule has 0 aromatic heterocycles. The Labute approximate surface area is 115 Å². The molecule has 2 aliphatic heterocycles. The highest BCUT2D eigenvalue weighted by Crippen LogP contribution is 2.34. The second kappa shape index (κ2) is 4.38. The fourth-order valence-electron chi connectivity index (χ4n) is 2.22. The van der Waals surface area contributed by atoms with E-state index in [0.717, 1.165) is 5.69 Å². The van der Waals surface area contributed by atoms with E-state index in [-0.39, 0.29) is 11.5 Å². The predicted octanol–water partition coefficient (Wildman–Crippen LogP) is 1.23. The summed E-state index contributed by atoms with van der Waals surface area (Å²) in [6, 6.07) is 13.4.